The Labute approximate surface area is 208 Å². The zero-order valence-electron chi connectivity index (χ0n) is 19.2. The van der Waals surface area contributed by atoms with Crippen LogP contribution in [0.3, 0.4) is 0 Å². The molecule has 190 valence electrons. The number of hydrogen-bond acceptors (Lipinski definition) is 8. The summed E-state index contributed by atoms with van der Waals surface area (Å²) in [6.07, 6.45) is -0.0849. The number of alkyl halides is 2. The Kier molecular flexibility index (Phi) is 6.87. The molecule has 0 saturated heterocycles. The largest absolute Gasteiger partial charge is 0.441 e. The van der Waals surface area contributed by atoms with Crippen LogP contribution in [-0.2, 0) is 16.6 Å². The molecule has 14 heteroatoms. The van der Waals surface area contributed by atoms with E-state index >= 15 is 0 Å². The first-order chi connectivity index (χ1) is 17.0. The molecule has 1 atom stereocenters. The van der Waals surface area contributed by atoms with Crippen molar-refractivity contribution in [1.82, 2.24) is 25.0 Å². The van der Waals surface area contributed by atoms with E-state index in [0.717, 1.165) is 0 Å². The highest BCUT2D eigenvalue weighted by molar-refractivity contribution is 6.30. The number of aryl methyl sites for hydroxylation is 1. The number of pyridine rings is 2. The van der Waals surface area contributed by atoms with Crippen LogP contribution in [0.15, 0.2) is 36.7 Å². The molecule has 0 aromatic carbocycles. The van der Waals surface area contributed by atoms with Crippen LogP contribution in [0.2, 0.25) is 5.15 Å². The van der Waals surface area contributed by atoms with Crippen molar-refractivity contribution in [3.05, 3.63) is 47.4 Å². The van der Waals surface area contributed by atoms with Gasteiger partial charge in [-0.15, -0.1) is 5.10 Å². The Balaban J connectivity index is 1.44. The van der Waals surface area contributed by atoms with Gasteiger partial charge in [-0.25, -0.2) is 23.2 Å². The van der Waals surface area contributed by atoms with Crippen molar-refractivity contribution in [3.8, 4) is 11.4 Å². The summed E-state index contributed by atoms with van der Waals surface area (Å²) in [5.74, 6) is -3.48. The first-order valence-corrected chi connectivity index (χ1v) is 11.2. The van der Waals surface area contributed by atoms with Gasteiger partial charge in [-0.2, -0.15) is 0 Å². The first-order valence-electron chi connectivity index (χ1n) is 10.8. The molecule has 3 heterocycles. The number of anilines is 2. The van der Waals surface area contributed by atoms with Gasteiger partial charge in [-0.1, -0.05) is 22.9 Å². The second-order valence-electron chi connectivity index (χ2n) is 8.50. The predicted molar refractivity (Wildman–Crippen MR) is 124 cm³/mol. The molecule has 11 nitrogen and oxygen atoms in total. The second kappa shape index (κ2) is 9.74. The van der Waals surface area contributed by atoms with Crippen molar-refractivity contribution in [3.63, 3.8) is 0 Å². The molecular formula is C22H22ClF2N7O4. The average Bonchev–Trinajstić information content (AvgIpc) is 3.17. The SMILES string of the molecule is C[C@@H](OC(=O)Nc1c(-c2ccc(NC(=O)C3(CO)CC(F)(F)C3)cn2)nnn1C)c1cccnc1Cl. The topological polar surface area (TPSA) is 144 Å². The zero-order chi connectivity index (χ0) is 26.1. The summed E-state index contributed by atoms with van der Waals surface area (Å²) in [5, 5.41) is 22.7. The molecule has 0 spiro atoms. The maximum Gasteiger partial charge on any atom is 0.413 e. The highest BCUT2D eigenvalue weighted by Crippen LogP contribution is 2.52. The minimum Gasteiger partial charge on any atom is -0.441 e. The third-order valence-corrected chi connectivity index (χ3v) is 6.12. The Morgan fingerprint density at radius 3 is 2.61 bits per heavy atom. The van der Waals surface area contributed by atoms with E-state index in [-0.39, 0.29) is 22.4 Å². The van der Waals surface area contributed by atoms with Gasteiger partial charge in [0.15, 0.2) is 11.5 Å². The molecule has 3 N–H and O–H groups in total. The van der Waals surface area contributed by atoms with Gasteiger partial charge in [0.2, 0.25) is 11.8 Å². The number of hydrogen-bond donors (Lipinski definition) is 3. The normalized spacial score (nSPS) is 16.5. The molecule has 0 bridgehead atoms. The van der Waals surface area contributed by atoms with Crippen molar-refractivity contribution >= 4 is 35.1 Å². The molecule has 1 aliphatic rings. The fraction of sp³-hybridized carbons (Fsp3) is 0.364. The van der Waals surface area contributed by atoms with Crippen LogP contribution in [0.1, 0.15) is 31.4 Å². The third-order valence-electron chi connectivity index (χ3n) is 5.80. The summed E-state index contributed by atoms with van der Waals surface area (Å²) in [6, 6.07) is 6.36. The summed E-state index contributed by atoms with van der Waals surface area (Å²) >= 11 is 6.05. The summed E-state index contributed by atoms with van der Waals surface area (Å²) in [7, 11) is 1.56. The number of carbonyl (C=O) groups excluding carboxylic acids is 2. The van der Waals surface area contributed by atoms with E-state index in [1.807, 2.05) is 0 Å². The minimum atomic E-state index is -2.97. The monoisotopic (exact) mass is 521 g/mol. The molecule has 0 aliphatic heterocycles. The van der Waals surface area contributed by atoms with Crippen LogP contribution in [0.4, 0.5) is 25.1 Å². The average molecular weight is 522 g/mol. The number of ether oxygens (including phenoxy) is 1. The van der Waals surface area contributed by atoms with Crippen LogP contribution >= 0.6 is 11.6 Å². The van der Waals surface area contributed by atoms with Crippen LogP contribution < -0.4 is 10.6 Å². The van der Waals surface area contributed by atoms with E-state index in [9.17, 15) is 23.5 Å². The van der Waals surface area contributed by atoms with E-state index in [1.54, 1.807) is 26.1 Å². The number of aliphatic hydroxyl groups excluding tert-OH is 1. The molecule has 1 aliphatic carbocycles. The third kappa shape index (κ3) is 5.11. The van der Waals surface area contributed by atoms with Crippen LogP contribution in [0.25, 0.3) is 11.4 Å². The molecule has 0 radical (unpaired) electrons. The molecule has 2 amide bonds. The van der Waals surface area contributed by atoms with Crippen LogP contribution in [-0.4, -0.2) is 54.6 Å². The van der Waals surface area contributed by atoms with Gasteiger partial charge in [0, 0.05) is 31.6 Å². The predicted octanol–water partition coefficient (Wildman–Crippen LogP) is 3.58. The number of carbonyl (C=O) groups is 2. The number of amides is 2. The van der Waals surface area contributed by atoms with Gasteiger partial charge in [-0.05, 0) is 25.1 Å². The molecule has 4 rings (SSSR count). The smallest absolute Gasteiger partial charge is 0.413 e. The Morgan fingerprint density at radius 1 is 1.25 bits per heavy atom. The zero-order valence-corrected chi connectivity index (χ0v) is 20.0. The van der Waals surface area contributed by atoms with Gasteiger partial charge in [0.1, 0.15) is 11.3 Å². The molecule has 0 unspecified atom stereocenters. The quantitative estimate of drug-likeness (QED) is 0.400. The second-order valence-corrected chi connectivity index (χ2v) is 8.86. The lowest BCUT2D eigenvalue weighted by Crippen LogP contribution is -2.55. The number of aromatic nitrogens is 5. The van der Waals surface area contributed by atoms with Gasteiger partial charge < -0.3 is 15.2 Å². The maximum atomic E-state index is 13.3. The van der Waals surface area contributed by atoms with Gasteiger partial charge in [-0.3, -0.25) is 15.1 Å². The van der Waals surface area contributed by atoms with Crippen LogP contribution in [0, 0.1) is 5.41 Å². The fourth-order valence-electron chi connectivity index (χ4n) is 3.88. The Hall–Kier alpha value is -3.71. The molecule has 1 fully saturated rings. The molecule has 3 aromatic heterocycles. The van der Waals surface area contributed by atoms with Crippen molar-refractivity contribution in [1.29, 1.82) is 0 Å². The fourth-order valence-corrected chi connectivity index (χ4v) is 4.15. The first kappa shape index (κ1) is 25.4. The van der Waals surface area contributed by atoms with Crippen molar-refractivity contribution < 1.29 is 28.2 Å². The highest BCUT2D eigenvalue weighted by Gasteiger charge is 2.60. The van der Waals surface area contributed by atoms with E-state index < -0.39 is 48.9 Å². The lowest BCUT2D eigenvalue weighted by Gasteiger charge is -2.44. The minimum absolute atomic E-state index is 0.199. The molecule has 3 aromatic rings. The summed E-state index contributed by atoms with van der Waals surface area (Å²) in [6.45, 7) is 0.960. The molecule has 1 saturated carbocycles. The summed E-state index contributed by atoms with van der Waals surface area (Å²) in [5.41, 5.74) is -0.212. The van der Waals surface area contributed by atoms with E-state index in [0.29, 0.717) is 11.3 Å². The summed E-state index contributed by atoms with van der Waals surface area (Å²) < 4.78 is 33.3. The highest BCUT2D eigenvalue weighted by atomic mass is 35.5. The molecular weight excluding hydrogens is 500 g/mol. The lowest BCUT2D eigenvalue weighted by molar-refractivity contribution is -0.183. The van der Waals surface area contributed by atoms with E-state index in [1.165, 1.54) is 29.2 Å². The van der Waals surface area contributed by atoms with Gasteiger partial charge >= 0.3 is 6.09 Å². The number of rotatable bonds is 7. The number of aliphatic hydroxyl groups is 1. The molecule has 36 heavy (non-hydrogen) atoms. The number of nitrogens with one attached hydrogen (secondary N) is 2. The van der Waals surface area contributed by atoms with Crippen molar-refractivity contribution in [2.24, 2.45) is 12.5 Å². The number of halogens is 3. The Morgan fingerprint density at radius 2 is 2.00 bits per heavy atom. The van der Waals surface area contributed by atoms with Crippen molar-refractivity contribution in [2.75, 3.05) is 17.2 Å². The number of nitrogens with zero attached hydrogens (tertiary/aromatic N) is 5. The van der Waals surface area contributed by atoms with Crippen molar-refractivity contribution in [2.45, 2.75) is 31.8 Å². The van der Waals surface area contributed by atoms with Gasteiger partial charge in [0.05, 0.1) is 29.6 Å². The lowest BCUT2D eigenvalue weighted by atomic mass is 9.66. The summed E-state index contributed by atoms with van der Waals surface area (Å²) in [4.78, 5) is 33.1. The van der Waals surface area contributed by atoms with E-state index in [4.69, 9.17) is 16.3 Å². The van der Waals surface area contributed by atoms with E-state index in [2.05, 4.69) is 30.9 Å². The van der Waals surface area contributed by atoms with Gasteiger partial charge in [0.25, 0.3) is 0 Å². The standard InChI is InChI=1S/C22H22ClF2N7O4/c1-12(14-4-3-7-26-17(14)23)36-20(35)29-18-16(30-31-32(18)2)15-6-5-13(8-27-15)28-19(34)21(11-33)9-22(24,25)10-21/h3-8,12,33H,9-11H2,1-2H3,(H,28,34)(H,29,35)/t12-/m1/s1. The Bertz CT molecular complexity index is 1280. The maximum absolute atomic E-state index is 13.3. The van der Waals surface area contributed by atoms with Crippen LogP contribution in [0.5, 0.6) is 0 Å².